The molecule has 0 radical (unpaired) electrons. The van der Waals surface area contributed by atoms with Crippen LogP contribution < -0.4 is 15.3 Å². The number of hydrogen-bond acceptors (Lipinski definition) is 3. The van der Waals surface area contributed by atoms with E-state index in [9.17, 15) is 8.42 Å². The molecule has 1 saturated heterocycles. The van der Waals surface area contributed by atoms with Crippen molar-refractivity contribution in [1.82, 2.24) is 18.9 Å². The topological polar surface area (TPSA) is 68.4 Å². The molecular weight excluding hydrogens is 396 g/mol. The van der Waals surface area contributed by atoms with Crippen LogP contribution in [0.2, 0.25) is 0 Å². The molecule has 4 aliphatic rings. The summed E-state index contributed by atoms with van der Waals surface area (Å²) in [6.45, 7) is 4.39. The Hall–Kier alpha value is -1.57. The van der Waals surface area contributed by atoms with Crippen molar-refractivity contribution in [1.29, 1.82) is 0 Å². The highest BCUT2D eigenvalue weighted by Gasteiger charge is 2.56. The van der Waals surface area contributed by atoms with E-state index >= 15 is 0 Å². The average Bonchev–Trinajstić information content (AvgIpc) is 3.27. The van der Waals surface area contributed by atoms with Crippen LogP contribution in [0, 0.1) is 5.92 Å². The molecule has 3 fully saturated rings. The van der Waals surface area contributed by atoms with Crippen molar-refractivity contribution in [3.63, 3.8) is 0 Å². The molecule has 2 N–H and O–H groups in total. The lowest BCUT2D eigenvalue weighted by atomic mass is 9.94. The summed E-state index contributed by atoms with van der Waals surface area (Å²) in [5, 5.41) is 2.50. The van der Waals surface area contributed by atoms with Gasteiger partial charge in [0.25, 0.3) is 10.2 Å². The smallest absolute Gasteiger partial charge is 0.280 e. The number of rotatable bonds is 4. The number of aromatic nitrogens is 1. The van der Waals surface area contributed by atoms with E-state index in [1.807, 2.05) is 6.20 Å². The van der Waals surface area contributed by atoms with Crippen molar-refractivity contribution in [3.05, 3.63) is 35.0 Å². The standard InChI is InChI=1S/C23H34N4O2S/c1-18-5-2-3-8-22(20-11-14-24-21(20)10-9-18)26-15-16-27(23(17-26)12-13-23)30(28,29)25-19-6-4-7-19/h2,5,10-11,14,18-19,24-25H,3-4,6-9,12-13,15-17H2,1H3. The first-order valence-corrected chi connectivity index (χ1v) is 13.0. The fraction of sp³-hybridized carbons (Fsp3) is 0.652. The van der Waals surface area contributed by atoms with Crippen LogP contribution in [-0.4, -0.2) is 53.8 Å². The molecule has 6 nitrogen and oxygen atoms in total. The highest BCUT2D eigenvalue weighted by molar-refractivity contribution is 7.87. The minimum Gasteiger partial charge on any atom is -0.371 e. The summed E-state index contributed by atoms with van der Waals surface area (Å²) in [5.41, 5.74) is 1.14. The summed E-state index contributed by atoms with van der Waals surface area (Å²) in [6.07, 6.45) is 17.0. The Labute approximate surface area is 179 Å². The zero-order valence-electron chi connectivity index (χ0n) is 17.9. The molecular formula is C23H34N4O2S. The minimum atomic E-state index is -3.40. The maximum atomic E-state index is 13.1. The lowest BCUT2D eigenvalue weighted by Crippen LogP contribution is -2.60. The van der Waals surface area contributed by atoms with E-state index in [1.54, 1.807) is 4.31 Å². The average molecular weight is 431 g/mol. The fourth-order valence-electron chi connectivity index (χ4n) is 5.12. The molecule has 2 heterocycles. The van der Waals surface area contributed by atoms with Gasteiger partial charge in [0, 0.05) is 48.1 Å². The highest BCUT2D eigenvalue weighted by atomic mass is 32.2. The lowest BCUT2D eigenvalue weighted by molar-refractivity contribution is 0.161. The predicted octanol–water partition coefficient (Wildman–Crippen LogP) is 1.82. The number of hydrogen-bond donors (Lipinski definition) is 2. The molecule has 0 bridgehead atoms. The van der Waals surface area contributed by atoms with E-state index in [-0.39, 0.29) is 11.6 Å². The van der Waals surface area contributed by atoms with Gasteiger partial charge in [0.05, 0.1) is 5.54 Å². The van der Waals surface area contributed by atoms with E-state index in [0.717, 1.165) is 64.5 Å². The van der Waals surface area contributed by atoms with Gasteiger partial charge in [-0.15, -0.1) is 0 Å². The van der Waals surface area contributed by atoms with Crippen LogP contribution in [0.4, 0.5) is 0 Å². The van der Waals surface area contributed by atoms with Crippen molar-refractivity contribution < 1.29 is 8.42 Å². The van der Waals surface area contributed by atoms with E-state index in [0.29, 0.717) is 12.5 Å². The van der Waals surface area contributed by atoms with E-state index < -0.39 is 10.2 Å². The maximum absolute atomic E-state index is 13.1. The second-order valence-corrected chi connectivity index (χ2v) is 11.2. The third-order valence-electron chi connectivity index (χ3n) is 7.30. The van der Waals surface area contributed by atoms with Crippen molar-refractivity contribution in [2.24, 2.45) is 5.92 Å². The van der Waals surface area contributed by atoms with Crippen molar-refractivity contribution in [2.45, 2.75) is 69.9 Å². The van der Waals surface area contributed by atoms with Gasteiger partial charge in [-0.2, -0.15) is 17.4 Å². The van der Waals surface area contributed by atoms with Crippen LogP contribution >= 0.6 is 0 Å². The molecule has 5 rings (SSSR count). The number of H-pyrrole nitrogens is 1. The third-order valence-corrected chi connectivity index (χ3v) is 9.08. The van der Waals surface area contributed by atoms with Gasteiger partial charge in [0.2, 0.25) is 0 Å². The first-order valence-electron chi connectivity index (χ1n) is 11.6. The summed E-state index contributed by atoms with van der Waals surface area (Å²) in [7, 11) is -3.40. The Morgan fingerprint density at radius 3 is 2.80 bits per heavy atom. The SMILES string of the molecule is CC1C=CCCC(N2CCN(S(=O)(=O)NC3CCC3)C3(CC3)C2)=c2cc[nH]c2=CC1. The number of nitrogens with zero attached hydrogens (tertiary/aromatic N) is 2. The van der Waals surface area contributed by atoms with E-state index in [2.05, 4.69) is 45.8 Å². The van der Waals surface area contributed by atoms with Crippen LogP contribution in [-0.2, 0) is 10.2 Å². The number of nitrogens with one attached hydrogen (secondary N) is 2. The van der Waals surface area contributed by atoms with Gasteiger partial charge < -0.3 is 9.88 Å². The normalized spacial score (nSPS) is 27.4. The molecule has 0 amide bonds. The van der Waals surface area contributed by atoms with Crippen LogP contribution in [0.25, 0.3) is 11.8 Å². The van der Waals surface area contributed by atoms with Gasteiger partial charge in [0.1, 0.15) is 0 Å². The van der Waals surface area contributed by atoms with Gasteiger partial charge in [-0.1, -0.05) is 31.6 Å². The number of fused-ring (bicyclic) bond motifs is 1. The second-order valence-electron chi connectivity index (χ2n) is 9.60. The Bertz CT molecular complexity index is 1030. The molecule has 7 heteroatoms. The summed E-state index contributed by atoms with van der Waals surface area (Å²) in [4.78, 5) is 5.90. The van der Waals surface area contributed by atoms with Crippen molar-refractivity contribution >= 4 is 22.0 Å². The molecule has 1 spiro atoms. The Kier molecular flexibility index (Phi) is 5.32. The van der Waals surface area contributed by atoms with Gasteiger partial charge >= 0.3 is 0 Å². The molecule has 3 aliphatic carbocycles. The summed E-state index contributed by atoms with van der Waals surface area (Å²) in [5.74, 6) is 0.550. The van der Waals surface area contributed by atoms with Crippen LogP contribution in [0.15, 0.2) is 24.4 Å². The molecule has 1 atom stereocenters. The summed E-state index contributed by atoms with van der Waals surface area (Å²) < 4.78 is 30.9. The first-order chi connectivity index (χ1) is 14.5. The zero-order chi connectivity index (χ0) is 20.8. The third kappa shape index (κ3) is 3.87. The molecule has 1 aliphatic heterocycles. The first kappa shape index (κ1) is 20.3. The van der Waals surface area contributed by atoms with Crippen molar-refractivity contribution in [3.8, 4) is 0 Å². The summed E-state index contributed by atoms with van der Waals surface area (Å²) >= 11 is 0. The number of allylic oxidation sites excluding steroid dienone is 2. The molecule has 0 aromatic carbocycles. The van der Waals surface area contributed by atoms with Gasteiger partial charge in [-0.25, -0.2) is 0 Å². The molecule has 1 aromatic heterocycles. The second kappa shape index (κ2) is 7.84. The van der Waals surface area contributed by atoms with Crippen LogP contribution in [0.3, 0.4) is 0 Å². The van der Waals surface area contributed by atoms with Gasteiger partial charge in [0.15, 0.2) is 0 Å². The molecule has 30 heavy (non-hydrogen) atoms. The Morgan fingerprint density at radius 2 is 2.07 bits per heavy atom. The zero-order valence-corrected chi connectivity index (χ0v) is 18.8. The monoisotopic (exact) mass is 430 g/mol. The minimum absolute atomic E-state index is 0.142. The molecule has 2 saturated carbocycles. The van der Waals surface area contributed by atoms with Gasteiger partial charge in [-0.05, 0) is 56.9 Å². The van der Waals surface area contributed by atoms with Crippen LogP contribution in [0.5, 0.6) is 0 Å². The predicted molar refractivity (Wildman–Crippen MR) is 120 cm³/mol. The van der Waals surface area contributed by atoms with E-state index in [4.69, 9.17) is 0 Å². The number of aromatic amines is 1. The Morgan fingerprint density at radius 1 is 1.23 bits per heavy atom. The fourth-order valence-corrected chi connectivity index (χ4v) is 6.97. The van der Waals surface area contributed by atoms with E-state index in [1.165, 1.54) is 16.3 Å². The molecule has 1 unspecified atom stereocenters. The maximum Gasteiger partial charge on any atom is 0.280 e. The molecule has 164 valence electrons. The van der Waals surface area contributed by atoms with Crippen LogP contribution in [0.1, 0.15) is 58.3 Å². The van der Waals surface area contributed by atoms with Gasteiger partial charge in [-0.3, -0.25) is 0 Å². The number of piperazine rings is 1. The largest absolute Gasteiger partial charge is 0.371 e. The summed E-state index contributed by atoms with van der Waals surface area (Å²) in [6, 6.07) is 2.33. The Balaban J connectivity index is 1.43. The highest BCUT2D eigenvalue weighted by Crippen LogP contribution is 2.46. The molecule has 1 aromatic rings. The lowest BCUT2D eigenvalue weighted by Gasteiger charge is -2.44. The van der Waals surface area contributed by atoms with Crippen molar-refractivity contribution in [2.75, 3.05) is 19.6 Å². The quantitative estimate of drug-likeness (QED) is 0.716.